The first-order valence-corrected chi connectivity index (χ1v) is 11.9. The Morgan fingerprint density at radius 1 is 1.03 bits per heavy atom. The standard InChI is InChI=1S/C23H30N2O4S/c1-4-18-7-8-19(5-2)20(14-18)16-24-23(26)22-15-21(9-6-17(22)3)30(27,28)25-10-12-29-13-11-25/h6-9,14-15H,4-5,10-13,16H2,1-3H3,(H,24,26). The second kappa shape index (κ2) is 9.73. The minimum absolute atomic E-state index is 0.141. The molecule has 0 atom stereocenters. The van der Waals surface area contributed by atoms with E-state index in [0.29, 0.717) is 38.4 Å². The number of hydrogen-bond acceptors (Lipinski definition) is 4. The molecule has 0 unspecified atom stereocenters. The van der Waals surface area contributed by atoms with E-state index in [9.17, 15) is 13.2 Å². The number of aryl methyl sites for hydroxylation is 3. The fraction of sp³-hybridized carbons (Fsp3) is 0.435. The second-order valence-corrected chi connectivity index (χ2v) is 9.42. The molecule has 3 rings (SSSR count). The number of carbonyl (C=O) groups excluding carboxylic acids is 1. The van der Waals surface area contributed by atoms with Crippen LogP contribution >= 0.6 is 0 Å². The van der Waals surface area contributed by atoms with Crippen LogP contribution in [0.2, 0.25) is 0 Å². The van der Waals surface area contributed by atoms with Crippen molar-refractivity contribution >= 4 is 15.9 Å². The number of rotatable bonds is 7. The molecule has 1 amide bonds. The third-order valence-electron chi connectivity index (χ3n) is 5.56. The molecular formula is C23H30N2O4S. The van der Waals surface area contributed by atoms with E-state index in [0.717, 1.165) is 24.0 Å². The fourth-order valence-electron chi connectivity index (χ4n) is 3.62. The van der Waals surface area contributed by atoms with Crippen LogP contribution in [0.25, 0.3) is 0 Å². The van der Waals surface area contributed by atoms with Crippen LogP contribution in [0.15, 0.2) is 41.3 Å². The highest BCUT2D eigenvalue weighted by molar-refractivity contribution is 7.89. The van der Waals surface area contributed by atoms with E-state index in [1.807, 2.05) is 6.92 Å². The highest BCUT2D eigenvalue weighted by Gasteiger charge is 2.27. The summed E-state index contributed by atoms with van der Waals surface area (Å²) in [6.07, 6.45) is 1.83. The maximum Gasteiger partial charge on any atom is 0.251 e. The maximum atomic E-state index is 12.9. The van der Waals surface area contributed by atoms with Crippen LogP contribution in [0.5, 0.6) is 0 Å². The van der Waals surface area contributed by atoms with Crippen molar-refractivity contribution in [1.82, 2.24) is 9.62 Å². The third-order valence-corrected chi connectivity index (χ3v) is 7.46. The average molecular weight is 431 g/mol. The summed E-state index contributed by atoms with van der Waals surface area (Å²) >= 11 is 0. The van der Waals surface area contributed by atoms with E-state index >= 15 is 0 Å². The Hall–Kier alpha value is -2.22. The minimum Gasteiger partial charge on any atom is -0.379 e. The summed E-state index contributed by atoms with van der Waals surface area (Å²) in [7, 11) is -3.65. The molecule has 30 heavy (non-hydrogen) atoms. The lowest BCUT2D eigenvalue weighted by atomic mass is 10.0. The van der Waals surface area contributed by atoms with E-state index in [4.69, 9.17) is 4.74 Å². The van der Waals surface area contributed by atoms with Gasteiger partial charge in [0.1, 0.15) is 0 Å². The quantitative estimate of drug-likeness (QED) is 0.733. The lowest BCUT2D eigenvalue weighted by Gasteiger charge is -2.26. The van der Waals surface area contributed by atoms with E-state index in [1.165, 1.54) is 21.5 Å². The zero-order chi connectivity index (χ0) is 21.7. The van der Waals surface area contributed by atoms with Crippen molar-refractivity contribution in [3.05, 3.63) is 64.2 Å². The molecule has 0 aliphatic carbocycles. The molecular weight excluding hydrogens is 400 g/mol. The van der Waals surface area contributed by atoms with Crippen LogP contribution in [-0.4, -0.2) is 44.9 Å². The molecule has 1 heterocycles. The van der Waals surface area contributed by atoms with Gasteiger partial charge in [0.2, 0.25) is 10.0 Å². The van der Waals surface area contributed by atoms with Gasteiger partial charge in [-0.2, -0.15) is 4.31 Å². The molecule has 1 aliphatic heterocycles. The van der Waals surface area contributed by atoms with Crippen molar-refractivity contribution in [2.45, 2.75) is 45.1 Å². The number of benzene rings is 2. The zero-order valence-corrected chi connectivity index (χ0v) is 18.7. The number of morpholine rings is 1. The van der Waals surface area contributed by atoms with Crippen molar-refractivity contribution < 1.29 is 17.9 Å². The van der Waals surface area contributed by atoms with E-state index < -0.39 is 10.0 Å². The molecule has 162 valence electrons. The number of carbonyl (C=O) groups is 1. The summed E-state index contributed by atoms with van der Waals surface area (Å²) in [5.41, 5.74) is 4.65. The summed E-state index contributed by atoms with van der Waals surface area (Å²) in [6.45, 7) is 7.84. The Labute approximate surface area is 179 Å². The predicted octanol–water partition coefficient (Wildman–Crippen LogP) is 3.07. The molecule has 0 radical (unpaired) electrons. The van der Waals surface area contributed by atoms with Crippen LogP contribution in [0.3, 0.4) is 0 Å². The first-order chi connectivity index (χ1) is 14.4. The molecule has 1 fully saturated rings. The molecule has 0 aromatic heterocycles. The van der Waals surface area contributed by atoms with Gasteiger partial charge in [0.05, 0.1) is 18.1 Å². The lowest BCUT2D eigenvalue weighted by molar-refractivity contribution is 0.0730. The monoisotopic (exact) mass is 430 g/mol. The Morgan fingerprint density at radius 2 is 1.77 bits per heavy atom. The molecule has 2 aromatic carbocycles. The van der Waals surface area contributed by atoms with Gasteiger partial charge in [0, 0.05) is 25.2 Å². The molecule has 1 N–H and O–H groups in total. The van der Waals surface area contributed by atoms with Crippen molar-refractivity contribution in [3.63, 3.8) is 0 Å². The van der Waals surface area contributed by atoms with E-state index in [2.05, 4.69) is 37.4 Å². The average Bonchev–Trinajstić information content (AvgIpc) is 2.77. The smallest absolute Gasteiger partial charge is 0.251 e. The second-order valence-electron chi connectivity index (χ2n) is 7.49. The highest BCUT2D eigenvalue weighted by Crippen LogP contribution is 2.21. The topological polar surface area (TPSA) is 75.7 Å². The Kier molecular flexibility index (Phi) is 7.28. The van der Waals surface area contributed by atoms with Gasteiger partial charge in [-0.25, -0.2) is 8.42 Å². The van der Waals surface area contributed by atoms with Crippen LogP contribution in [-0.2, 0) is 34.1 Å². The van der Waals surface area contributed by atoms with Gasteiger partial charge in [-0.05, 0) is 54.2 Å². The van der Waals surface area contributed by atoms with Crippen molar-refractivity contribution in [1.29, 1.82) is 0 Å². The molecule has 0 bridgehead atoms. The third kappa shape index (κ3) is 4.91. The number of nitrogens with one attached hydrogen (secondary N) is 1. The summed E-state index contributed by atoms with van der Waals surface area (Å²) in [5.74, 6) is -0.268. The maximum absolute atomic E-state index is 12.9. The fourth-order valence-corrected chi connectivity index (χ4v) is 5.06. The van der Waals surface area contributed by atoms with Gasteiger partial charge in [-0.3, -0.25) is 4.79 Å². The Balaban J connectivity index is 1.80. The zero-order valence-electron chi connectivity index (χ0n) is 17.9. The number of ether oxygens (including phenoxy) is 1. The SMILES string of the molecule is CCc1ccc(CC)c(CNC(=O)c2cc(S(=O)(=O)N3CCOCC3)ccc2C)c1. The van der Waals surface area contributed by atoms with Crippen LogP contribution in [0.4, 0.5) is 0 Å². The van der Waals surface area contributed by atoms with Gasteiger partial charge in [-0.1, -0.05) is 38.1 Å². The normalized spacial score (nSPS) is 15.2. The van der Waals surface area contributed by atoms with Gasteiger partial charge in [-0.15, -0.1) is 0 Å². The van der Waals surface area contributed by atoms with Crippen LogP contribution < -0.4 is 5.32 Å². The number of nitrogens with zero attached hydrogens (tertiary/aromatic N) is 1. The number of amides is 1. The molecule has 0 spiro atoms. The van der Waals surface area contributed by atoms with Crippen LogP contribution in [0.1, 0.15) is 46.5 Å². The molecule has 1 aliphatic rings. The van der Waals surface area contributed by atoms with Crippen molar-refractivity contribution in [2.24, 2.45) is 0 Å². The van der Waals surface area contributed by atoms with E-state index in [1.54, 1.807) is 12.1 Å². The summed E-state index contributed by atoms with van der Waals surface area (Å²) < 4.78 is 32.6. The molecule has 2 aromatic rings. The lowest BCUT2D eigenvalue weighted by Crippen LogP contribution is -2.40. The van der Waals surface area contributed by atoms with Gasteiger partial charge in [0.15, 0.2) is 0 Å². The van der Waals surface area contributed by atoms with Gasteiger partial charge < -0.3 is 10.1 Å². The Morgan fingerprint density at radius 3 is 2.43 bits per heavy atom. The minimum atomic E-state index is -3.65. The van der Waals surface area contributed by atoms with Gasteiger partial charge >= 0.3 is 0 Å². The molecule has 0 saturated carbocycles. The van der Waals surface area contributed by atoms with Crippen LogP contribution in [0, 0.1) is 6.92 Å². The summed E-state index contributed by atoms with van der Waals surface area (Å²) in [4.78, 5) is 13.0. The largest absolute Gasteiger partial charge is 0.379 e. The highest BCUT2D eigenvalue weighted by atomic mass is 32.2. The van der Waals surface area contributed by atoms with Gasteiger partial charge in [0.25, 0.3) is 5.91 Å². The number of hydrogen-bond donors (Lipinski definition) is 1. The molecule has 1 saturated heterocycles. The predicted molar refractivity (Wildman–Crippen MR) is 117 cm³/mol. The van der Waals surface area contributed by atoms with E-state index in [-0.39, 0.29) is 10.8 Å². The summed E-state index contributed by atoms with van der Waals surface area (Å²) in [5, 5.41) is 2.97. The Bertz CT molecular complexity index is 1010. The summed E-state index contributed by atoms with van der Waals surface area (Å²) in [6, 6.07) is 11.1. The van der Waals surface area contributed by atoms with Crippen molar-refractivity contribution in [2.75, 3.05) is 26.3 Å². The first-order valence-electron chi connectivity index (χ1n) is 10.4. The first kappa shape index (κ1) is 22.5. The van der Waals surface area contributed by atoms with Crippen molar-refractivity contribution in [3.8, 4) is 0 Å². The number of sulfonamides is 1. The molecule has 6 nitrogen and oxygen atoms in total. The molecule has 7 heteroatoms.